The minimum atomic E-state index is 0.144. The second-order valence-electron chi connectivity index (χ2n) is 3.93. The van der Waals surface area contributed by atoms with Crippen molar-refractivity contribution < 1.29 is 9.84 Å². The lowest BCUT2D eigenvalue weighted by Crippen LogP contribution is -1.98. The van der Waals surface area contributed by atoms with Crippen LogP contribution in [0.1, 0.15) is 5.56 Å². The van der Waals surface area contributed by atoms with Crippen molar-refractivity contribution in [2.75, 3.05) is 12.4 Å². The number of hydrogen-bond donors (Lipinski definition) is 2. The molecule has 1 aromatic heterocycles. The van der Waals surface area contributed by atoms with E-state index in [2.05, 4.69) is 17.6 Å². The molecule has 90 valence electrons. The molecule has 4 nitrogen and oxygen atoms in total. The minimum Gasteiger partial charge on any atom is -0.504 e. The molecule has 17 heavy (non-hydrogen) atoms. The van der Waals surface area contributed by atoms with Gasteiger partial charge in [-0.05, 0) is 23.8 Å². The van der Waals surface area contributed by atoms with Crippen LogP contribution in [0.25, 0.3) is 0 Å². The predicted octanol–water partition coefficient (Wildman–Crippen LogP) is 2.35. The van der Waals surface area contributed by atoms with Gasteiger partial charge in [0.2, 0.25) is 0 Å². The fraction of sp³-hybridized carbons (Fsp3) is 0.231. The van der Waals surface area contributed by atoms with Gasteiger partial charge in [0.05, 0.1) is 7.11 Å². The molecule has 2 aromatic rings. The molecule has 0 fully saturated rings. The first-order valence-corrected chi connectivity index (χ1v) is 5.41. The van der Waals surface area contributed by atoms with Gasteiger partial charge in [-0.2, -0.15) is 0 Å². The highest BCUT2D eigenvalue weighted by atomic mass is 16.5. The standard InChI is InChI=1S/C13H16N2O2/c1-15-6-5-10(9-15)8-14-11-3-4-13(17-2)12(16)7-11/h3-7,9,14,16H,8H2,1-2H3. The molecule has 0 bridgehead atoms. The van der Waals surface area contributed by atoms with Gasteiger partial charge in [-0.25, -0.2) is 0 Å². The number of aromatic nitrogens is 1. The molecule has 2 N–H and O–H groups in total. The van der Waals surface area contributed by atoms with Crippen molar-refractivity contribution in [2.45, 2.75) is 6.54 Å². The quantitative estimate of drug-likeness (QED) is 0.850. The van der Waals surface area contributed by atoms with Crippen LogP contribution in [0.3, 0.4) is 0 Å². The lowest BCUT2D eigenvalue weighted by molar-refractivity contribution is 0.373. The number of ether oxygens (including phenoxy) is 1. The van der Waals surface area contributed by atoms with Gasteiger partial charge in [-0.1, -0.05) is 0 Å². The summed E-state index contributed by atoms with van der Waals surface area (Å²) in [5, 5.41) is 12.9. The first kappa shape index (κ1) is 11.4. The third-order valence-corrected chi connectivity index (χ3v) is 2.57. The van der Waals surface area contributed by atoms with Crippen LogP contribution in [0.15, 0.2) is 36.7 Å². The number of nitrogens with zero attached hydrogens (tertiary/aromatic N) is 1. The monoisotopic (exact) mass is 232 g/mol. The molecule has 0 radical (unpaired) electrons. The normalized spacial score (nSPS) is 10.2. The highest BCUT2D eigenvalue weighted by Crippen LogP contribution is 2.28. The molecule has 0 spiro atoms. The average Bonchev–Trinajstić information content (AvgIpc) is 2.73. The van der Waals surface area contributed by atoms with E-state index >= 15 is 0 Å². The fourth-order valence-electron chi connectivity index (χ4n) is 1.67. The van der Waals surface area contributed by atoms with Gasteiger partial charge in [0.1, 0.15) is 0 Å². The van der Waals surface area contributed by atoms with E-state index in [9.17, 15) is 5.11 Å². The van der Waals surface area contributed by atoms with Crippen molar-refractivity contribution in [1.29, 1.82) is 0 Å². The van der Waals surface area contributed by atoms with Crippen LogP contribution in [-0.2, 0) is 13.6 Å². The van der Waals surface area contributed by atoms with Gasteiger partial charge in [0.15, 0.2) is 11.5 Å². The van der Waals surface area contributed by atoms with E-state index in [0.717, 1.165) is 12.2 Å². The molecule has 0 aliphatic heterocycles. The average molecular weight is 232 g/mol. The Hall–Kier alpha value is -2.10. The zero-order valence-corrected chi connectivity index (χ0v) is 9.97. The summed E-state index contributed by atoms with van der Waals surface area (Å²) in [5.41, 5.74) is 2.06. The highest BCUT2D eigenvalue weighted by molar-refractivity contribution is 5.54. The number of nitrogens with one attached hydrogen (secondary N) is 1. The number of benzene rings is 1. The number of anilines is 1. The molecule has 0 saturated carbocycles. The van der Waals surface area contributed by atoms with Gasteiger partial charge in [-0.15, -0.1) is 0 Å². The molecule has 0 unspecified atom stereocenters. The Morgan fingerprint density at radius 1 is 1.35 bits per heavy atom. The maximum atomic E-state index is 9.62. The predicted molar refractivity (Wildman–Crippen MR) is 67.4 cm³/mol. The van der Waals surface area contributed by atoms with E-state index in [4.69, 9.17) is 4.74 Å². The molecule has 1 aromatic carbocycles. The van der Waals surface area contributed by atoms with Crippen molar-refractivity contribution in [3.05, 3.63) is 42.2 Å². The summed E-state index contributed by atoms with van der Waals surface area (Å²) in [7, 11) is 3.52. The van der Waals surface area contributed by atoms with Crippen molar-refractivity contribution in [3.63, 3.8) is 0 Å². The second-order valence-corrected chi connectivity index (χ2v) is 3.93. The van der Waals surface area contributed by atoms with Gasteiger partial charge < -0.3 is 19.7 Å². The number of rotatable bonds is 4. The first-order valence-electron chi connectivity index (χ1n) is 5.41. The van der Waals surface area contributed by atoms with Crippen LogP contribution >= 0.6 is 0 Å². The summed E-state index contributed by atoms with van der Waals surface area (Å²) in [6.07, 6.45) is 4.05. The van der Waals surface area contributed by atoms with E-state index in [1.807, 2.05) is 23.9 Å². The second kappa shape index (κ2) is 4.82. The van der Waals surface area contributed by atoms with Gasteiger partial charge in [0, 0.05) is 37.7 Å². The summed E-state index contributed by atoms with van der Waals surface area (Å²) in [5.74, 6) is 0.626. The number of methoxy groups -OCH3 is 1. The number of phenols is 1. The van der Waals surface area contributed by atoms with Crippen LogP contribution in [-0.4, -0.2) is 16.8 Å². The molecular formula is C13H16N2O2. The zero-order chi connectivity index (χ0) is 12.3. The highest BCUT2D eigenvalue weighted by Gasteiger charge is 2.02. The Bertz CT molecular complexity index is 506. The van der Waals surface area contributed by atoms with Gasteiger partial charge in [0.25, 0.3) is 0 Å². The lowest BCUT2D eigenvalue weighted by Gasteiger charge is -2.08. The molecule has 0 amide bonds. The van der Waals surface area contributed by atoms with Crippen molar-refractivity contribution >= 4 is 5.69 Å². The third-order valence-electron chi connectivity index (χ3n) is 2.57. The van der Waals surface area contributed by atoms with Crippen molar-refractivity contribution in [1.82, 2.24) is 4.57 Å². The molecule has 1 heterocycles. The third kappa shape index (κ3) is 2.72. The van der Waals surface area contributed by atoms with E-state index in [1.165, 1.54) is 12.7 Å². The van der Waals surface area contributed by atoms with E-state index in [0.29, 0.717) is 5.75 Å². The Kier molecular flexibility index (Phi) is 3.23. The van der Waals surface area contributed by atoms with Crippen LogP contribution < -0.4 is 10.1 Å². The summed E-state index contributed by atoms with van der Waals surface area (Å²) in [6, 6.07) is 7.32. The van der Waals surface area contributed by atoms with E-state index < -0.39 is 0 Å². The summed E-state index contributed by atoms with van der Waals surface area (Å²) >= 11 is 0. The molecule has 4 heteroatoms. The summed E-state index contributed by atoms with van der Waals surface area (Å²) < 4.78 is 6.99. The maximum Gasteiger partial charge on any atom is 0.160 e. The van der Waals surface area contributed by atoms with Crippen LogP contribution in [0, 0.1) is 0 Å². The molecule has 0 aliphatic carbocycles. The van der Waals surface area contributed by atoms with Crippen molar-refractivity contribution in [3.8, 4) is 11.5 Å². The largest absolute Gasteiger partial charge is 0.504 e. The Balaban J connectivity index is 2.02. The molecular weight excluding hydrogens is 216 g/mol. The Morgan fingerprint density at radius 3 is 2.76 bits per heavy atom. The van der Waals surface area contributed by atoms with E-state index in [-0.39, 0.29) is 5.75 Å². The summed E-state index contributed by atoms with van der Waals surface area (Å²) in [6.45, 7) is 0.729. The molecule has 0 saturated heterocycles. The SMILES string of the molecule is COc1ccc(NCc2ccn(C)c2)cc1O. The van der Waals surface area contributed by atoms with Crippen molar-refractivity contribution in [2.24, 2.45) is 7.05 Å². The molecule has 2 rings (SSSR count). The number of hydrogen-bond acceptors (Lipinski definition) is 3. The van der Waals surface area contributed by atoms with Crippen LogP contribution in [0.5, 0.6) is 11.5 Å². The minimum absolute atomic E-state index is 0.144. The Morgan fingerprint density at radius 2 is 2.18 bits per heavy atom. The molecule has 0 aliphatic rings. The van der Waals surface area contributed by atoms with Crippen LogP contribution in [0.2, 0.25) is 0 Å². The van der Waals surface area contributed by atoms with Crippen LogP contribution in [0.4, 0.5) is 5.69 Å². The molecule has 0 atom stereocenters. The number of phenolic OH excluding ortho intramolecular Hbond substituents is 1. The Labute approximate surface area is 100 Å². The van der Waals surface area contributed by atoms with E-state index in [1.54, 1.807) is 12.1 Å². The smallest absolute Gasteiger partial charge is 0.160 e. The number of aryl methyl sites for hydroxylation is 1. The fourth-order valence-corrected chi connectivity index (χ4v) is 1.67. The maximum absolute atomic E-state index is 9.62. The lowest BCUT2D eigenvalue weighted by atomic mass is 10.2. The topological polar surface area (TPSA) is 46.4 Å². The van der Waals surface area contributed by atoms with Gasteiger partial charge >= 0.3 is 0 Å². The zero-order valence-electron chi connectivity index (χ0n) is 9.97. The number of aromatic hydroxyl groups is 1. The first-order chi connectivity index (χ1) is 8.19. The van der Waals surface area contributed by atoms with Gasteiger partial charge in [-0.3, -0.25) is 0 Å². The summed E-state index contributed by atoms with van der Waals surface area (Å²) in [4.78, 5) is 0.